The van der Waals surface area contributed by atoms with Crippen molar-refractivity contribution in [3.63, 3.8) is 0 Å². The summed E-state index contributed by atoms with van der Waals surface area (Å²) in [4.78, 5) is 0. The van der Waals surface area contributed by atoms with Crippen molar-refractivity contribution in [3.05, 3.63) is 0 Å². The van der Waals surface area contributed by atoms with Gasteiger partial charge in [-0.1, -0.05) is 0 Å². The molecule has 1 heterocycles. The highest BCUT2D eigenvalue weighted by atomic mass is 35.5. The van der Waals surface area contributed by atoms with E-state index in [2.05, 4.69) is 10.2 Å². The molecule has 1 aliphatic heterocycles. The number of halogens is 1. The highest BCUT2D eigenvalue weighted by Crippen LogP contribution is 2.33. The van der Waals surface area contributed by atoms with Crippen LogP contribution in [-0.2, 0) is 0 Å². The van der Waals surface area contributed by atoms with Gasteiger partial charge in [-0.05, 0) is 13.8 Å². The summed E-state index contributed by atoms with van der Waals surface area (Å²) >= 11 is 5.63. The van der Waals surface area contributed by atoms with Crippen LogP contribution in [0.2, 0.25) is 0 Å². The summed E-state index contributed by atoms with van der Waals surface area (Å²) in [6.45, 7) is 3.80. The van der Waals surface area contributed by atoms with Crippen molar-refractivity contribution in [1.82, 2.24) is 0 Å². The first-order chi connectivity index (χ1) is 3.15. The Bertz CT molecular complexity index is 102. The minimum atomic E-state index is -0.235. The van der Waals surface area contributed by atoms with Gasteiger partial charge in [-0.3, -0.25) is 0 Å². The van der Waals surface area contributed by atoms with Crippen LogP contribution < -0.4 is 0 Å². The summed E-state index contributed by atoms with van der Waals surface area (Å²) in [7, 11) is 0. The minimum Gasteiger partial charge on any atom is -0.158 e. The fourth-order valence-corrected chi connectivity index (χ4v) is 0.325. The van der Waals surface area contributed by atoms with E-state index in [0.717, 1.165) is 0 Å². The van der Waals surface area contributed by atoms with E-state index in [1.165, 1.54) is 0 Å². The van der Waals surface area contributed by atoms with Gasteiger partial charge in [-0.2, -0.15) is 10.2 Å². The second-order valence-corrected chi connectivity index (χ2v) is 2.56. The van der Waals surface area contributed by atoms with Crippen molar-refractivity contribution in [2.45, 2.75) is 24.9 Å². The number of rotatable bonds is 1. The standard InChI is InChI=1S/C4H7ClN2/c1-3(5)4(2)6-7-4/h3H,1-2H3/t3-/m0/s1. The molecule has 0 aromatic heterocycles. The molecule has 0 N–H and O–H groups in total. The second-order valence-electron chi connectivity index (χ2n) is 1.91. The lowest BCUT2D eigenvalue weighted by atomic mass is 10.2. The molecule has 0 saturated carbocycles. The van der Waals surface area contributed by atoms with E-state index in [0.29, 0.717) is 0 Å². The van der Waals surface area contributed by atoms with Crippen LogP contribution in [0.1, 0.15) is 13.8 Å². The fourth-order valence-electron chi connectivity index (χ4n) is 0.238. The van der Waals surface area contributed by atoms with Gasteiger partial charge in [-0.15, -0.1) is 11.6 Å². The second kappa shape index (κ2) is 1.19. The maximum absolute atomic E-state index is 5.63. The largest absolute Gasteiger partial charge is 0.204 e. The third kappa shape index (κ3) is 0.752. The van der Waals surface area contributed by atoms with E-state index in [9.17, 15) is 0 Å². The van der Waals surface area contributed by atoms with Crippen molar-refractivity contribution < 1.29 is 0 Å². The Hall–Kier alpha value is -0.110. The van der Waals surface area contributed by atoms with Gasteiger partial charge in [0.1, 0.15) is 0 Å². The van der Waals surface area contributed by atoms with Crippen molar-refractivity contribution in [2.24, 2.45) is 10.2 Å². The van der Waals surface area contributed by atoms with Crippen LogP contribution >= 0.6 is 11.6 Å². The van der Waals surface area contributed by atoms with Crippen LogP contribution in [0, 0.1) is 0 Å². The number of nitrogens with zero attached hydrogens (tertiary/aromatic N) is 2. The van der Waals surface area contributed by atoms with Crippen LogP contribution in [0.3, 0.4) is 0 Å². The van der Waals surface area contributed by atoms with Gasteiger partial charge in [0.25, 0.3) is 0 Å². The van der Waals surface area contributed by atoms with Crippen LogP contribution in [0.5, 0.6) is 0 Å². The minimum absolute atomic E-state index is 0.0486. The predicted octanol–water partition coefficient (Wildman–Crippen LogP) is 1.80. The van der Waals surface area contributed by atoms with Crippen molar-refractivity contribution in [1.29, 1.82) is 0 Å². The molecule has 7 heavy (non-hydrogen) atoms. The molecule has 0 aromatic rings. The van der Waals surface area contributed by atoms with Crippen LogP contribution in [0.25, 0.3) is 0 Å². The zero-order chi connectivity index (χ0) is 5.49. The van der Waals surface area contributed by atoms with Gasteiger partial charge < -0.3 is 0 Å². The van der Waals surface area contributed by atoms with E-state index in [-0.39, 0.29) is 11.0 Å². The molecule has 1 atom stereocenters. The molecule has 40 valence electrons. The average Bonchev–Trinajstić information content (AvgIpc) is 2.21. The van der Waals surface area contributed by atoms with Gasteiger partial charge >= 0.3 is 0 Å². The molecule has 0 aromatic carbocycles. The quantitative estimate of drug-likeness (QED) is 0.469. The Morgan fingerprint density at radius 2 is 2.00 bits per heavy atom. The molecule has 0 fully saturated rings. The lowest BCUT2D eigenvalue weighted by molar-refractivity contribution is 0.649. The molecular formula is C4H7ClN2. The Morgan fingerprint density at radius 1 is 1.57 bits per heavy atom. The highest BCUT2D eigenvalue weighted by molar-refractivity contribution is 6.21. The summed E-state index contributed by atoms with van der Waals surface area (Å²) in [6, 6.07) is 0. The Kier molecular flexibility index (Phi) is 0.854. The average molecular weight is 119 g/mol. The molecule has 1 aliphatic rings. The summed E-state index contributed by atoms with van der Waals surface area (Å²) in [5.74, 6) is 0. The van der Waals surface area contributed by atoms with E-state index in [4.69, 9.17) is 11.6 Å². The van der Waals surface area contributed by atoms with Crippen LogP contribution in [0.15, 0.2) is 10.2 Å². The molecule has 1 rings (SSSR count). The Morgan fingerprint density at radius 3 is 2.00 bits per heavy atom. The Labute approximate surface area is 47.6 Å². The van der Waals surface area contributed by atoms with E-state index < -0.39 is 0 Å². The van der Waals surface area contributed by atoms with Gasteiger partial charge in [0.15, 0.2) is 0 Å². The topological polar surface area (TPSA) is 24.7 Å². The molecule has 0 bridgehead atoms. The SMILES string of the molecule is C[C@H](Cl)C1(C)N=N1. The molecule has 0 spiro atoms. The molecule has 0 aliphatic carbocycles. The smallest absolute Gasteiger partial charge is 0.158 e. The van der Waals surface area contributed by atoms with Gasteiger partial charge in [0.05, 0.1) is 5.38 Å². The number of hydrogen-bond acceptors (Lipinski definition) is 2. The van der Waals surface area contributed by atoms with Crippen molar-refractivity contribution in [2.75, 3.05) is 0 Å². The van der Waals surface area contributed by atoms with Crippen LogP contribution in [-0.4, -0.2) is 11.0 Å². The van der Waals surface area contributed by atoms with E-state index in [1.807, 2.05) is 13.8 Å². The van der Waals surface area contributed by atoms with E-state index in [1.54, 1.807) is 0 Å². The lowest BCUT2D eigenvalue weighted by Crippen LogP contribution is -2.15. The van der Waals surface area contributed by atoms with Crippen LogP contribution in [0.4, 0.5) is 0 Å². The fraction of sp³-hybridized carbons (Fsp3) is 1.00. The number of alkyl halides is 1. The first-order valence-electron chi connectivity index (χ1n) is 2.23. The molecule has 0 saturated heterocycles. The summed E-state index contributed by atoms with van der Waals surface area (Å²) < 4.78 is 0. The summed E-state index contributed by atoms with van der Waals surface area (Å²) in [5.41, 5.74) is -0.235. The lowest BCUT2D eigenvalue weighted by Gasteiger charge is -2.02. The maximum atomic E-state index is 5.63. The highest BCUT2D eigenvalue weighted by Gasteiger charge is 2.38. The summed E-state index contributed by atoms with van der Waals surface area (Å²) in [6.07, 6.45) is 0. The number of hydrogen-bond donors (Lipinski definition) is 0. The first kappa shape index (κ1) is 5.04. The maximum Gasteiger partial charge on any atom is 0.204 e. The normalized spacial score (nSPS) is 27.3. The molecule has 2 nitrogen and oxygen atoms in total. The predicted molar refractivity (Wildman–Crippen MR) is 28.6 cm³/mol. The third-order valence-corrected chi connectivity index (χ3v) is 1.58. The molecular weight excluding hydrogens is 112 g/mol. The molecule has 0 amide bonds. The third-order valence-electron chi connectivity index (χ3n) is 1.17. The zero-order valence-electron chi connectivity index (χ0n) is 4.35. The van der Waals surface area contributed by atoms with Gasteiger partial charge in [0, 0.05) is 0 Å². The molecule has 0 radical (unpaired) electrons. The molecule has 3 heteroatoms. The van der Waals surface area contributed by atoms with Crippen molar-refractivity contribution in [3.8, 4) is 0 Å². The summed E-state index contributed by atoms with van der Waals surface area (Å²) in [5, 5.41) is 7.50. The van der Waals surface area contributed by atoms with E-state index >= 15 is 0 Å². The van der Waals surface area contributed by atoms with Gasteiger partial charge in [0.2, 0.25) is 5.66 Å². The van der Waals surface area contributed by atoms with Crippen molar-refractivity contribution >= 4 is 11.6 Å². The monoisotopic (exact) mass is 118 g/mol. The zero-order valence-corrected chi connectivity index (χ0v) is 5.11. The first-order valence-corrected chi connectivity index (χ1v) is 2.67. The molecule has 0 unspecified atom stereocenters. The van der Waals surface area contributed by atoms with Gasteiger partial charge in [-0.25, -0.2) is 0 Å². The Balaban J connectivity index is 2.41.